The third-order valence-electron chi connectivity index (χ3n) is 0.951. The first-order chi connectivity index (χ1) is 5.31. The maximum absolute atomic E-state index is 9.29. The summed E-state index contributed by atoms with van der Waals surface area (Å²) in [6.07, 6.45) is 2.34. The van der Waals surface area contributed by atoms with Crippen LogP contribution >= 0.6 is 0 Å². The lowest BCUT2D eigenvalue weighted by Crippen LogP contribution is -2.07. The lowest BCUT2D eigenvalue weighted by Gasteiger charge is -1.78. The largest absolute Gasteiger partial charge is 0.470 e. The fourth-order valence-corrected chi connectivity index (χ4v) is 0.444. The van der Waals surface area contributed by atoms with E-state index < -0.39 is 0 Å². The SMILES string of the molecule is CCNC=O.Cc1ccco1. The van der Waals surface area contributed by atoms with Crippen molar-refractivity contribution in [1.82, 2.24) is 5.32 Å². The lowest BCUT2D eigenvalue weighted by molar-refractivity contribution is -0.109. The zero-order valence-electron chi connectivity index (χ0n) is 6.83. The first-order valence-electron chi connectivity index (χ1n) is 3.48. The van der Waals surface area contributed by atoms with Crippen molar-refractivity contribution in [2.24, 2.45) is 0 Å². The minimum atomic E-state index is 0.681. The van der Waals surface area contributed by atoms with Gasteiger partial charge in [-0.3, -0.25) is 4.79 Å². The van der Waals surface area contributed by atoms with Crippen molar-refractivity contribution in [2.75, 3.05) is 6.54 Å². The van der Waals surface area contributed by atoms with Crippen LogP contribution in [0.3, 0.4) is 0 Å². The molecular formula is C8H13NO2. The van der Waals surface area contributed by atoms with Crippen LogP contribution in [-0.2, 0) is 4.79 Å². The first-order valence-corrected chi connectivity index (χ1v) is 3.48. The van der Waals surface area contributed by atoms with Gasteiger partial charge in [-0.2, -0.15) is 0 Å². The molecule has 3 heteroatoms. The zero-order chi connectivity index (χ0) is 8.53. The molecule has 62 valence electrons. The summed E-state index contributed by atoms with van der Waals surface area (Å²) in [6, 6.07) is 3.79. The van der Waals surface area contributed by atoms with Gasteiger partial charge in [0.1, 0.15) is 5.76 Å². The quantitative estimate of drug-likeness (QED) is 0.655. The van der Waals surface area contributed by atoms with Gasteiger partial charge in [0.15, 0.2) is 0 Å². The molecule has 0 saturated carbocycles. The zero-order valence-corrected chi connectivity index (χ0v) is 6.83. The van der Waals surface area contributed by atoms with Crippen LogP contribution in [-0.4, -0.2) is 13.0 Å². The molecule has 0 spiro atoms. The van der Waals surface area contributed by atoms with Crippen molar-refractivity contribution in [3.05, 3.63) is 24.2 Å². The van der Waals surface area contributed by atoms with Crippen molar-refractivity contribution < 1.29 is 9.21 Å². The number of hydrogen-bond acceptors (Lipinski definition) is 2. The monoisotopic (exact) mass is 155 g/mol. The number of furan rings is 1. The number of rotatable bonds is 2. The average molecular weight is 155 g/mol. The van der Waals surface area contributed by atoms with Gasteiger partial charge in [-0.15, -0.1) is 0 Å². The molecule has 0 aliphatic heterocycles. The predicted molar refractivity (Wildman–Crippen MR) is 43.2 cm³/mol. The highest BCUT2D eigenvalue weighted by Crippen LogP contribution is 1.93. The lowest BCUT2D eigenvalue weighted by atomic mass is 10.5. The van der Waals surface area contributed by atoms with Gasteiger partial charge in [0.2, 0.25) is 6.41 Å². The standard InChI is InChI=1S/C5H6O.C3H7NO/c1-5-3-2-4-6-5;1-2-4-3-5/h2-4H,1H3;3H,2H2,1H3,(H,4,5). The minimum Gasteiger partial charge on any atom is -0.470 e. The van der Waals surface area contributed by atoms with Crippen molar-refractivity contribution in [3.8, 4) is 0 Å². The Morgan fingerprint density at radius 2 is 2.45 bits per heavy atom. The maximum Gasteiger partial charge on any atom is 0.207 e. The van der Waals surface area contributed by atoms with E-state index in [2.05, 4.69) is 5.32 Å². The van der Waals surface area contributed by atoms with Crippen LogP contribution < -0.4 is 5.32 Å². The molecule has 3 nitrogen and oxygen atoms in total. The summed E-state index contributed by atoms with van der Waals surface area (Å²) >= 11 is 0. The molecule has 0 aliphatic rings. The third-order valence-corrected chi connectivity index (χ3v) is 0.951. The fourth-order valence-electron chi connectivity index (χ4n) is 0.444. The van der Waals surface area contributed by atoms with E-state index in [0.717, 1.165) is 12.3 Å². The van der Waals surface area contributed by atoms with Gasteiger partial charge < -0.3 is 9.73 Å². The Bertz CT molecular complexity index is 170. The molecule has 0 radical (unpaired) electrons. The maximum atomic E-state index is 9.29. The molecule has 0 aromatic carbocycles. The molecule has 1 heterocycles. The molecule has 0 atom stereocenters. The Morgan fingerprint density at radius 1 is 1.73 bits per heavy atom. The van der Waals surface area contributed by atoms with Crippen molar-refractivity contribution in [3.63, 3.8) is 0 Å². The summed E-state index contributed by atoms with van der Waals surface area (Å²) in [4.78, 5) is 9.29. The smallest absolute Gasteiger partial charge is 0.207 e. The van der Waals surface area contributed by atoms with Gasteiger partial charge >= 0.3 is 0 Å². The van der Waals surface area contributed by atoms with E-state index in [4.69, 9.17) is 4.42 Å². The number of carbonyl (C=O) groups is 1. The summed E-state index contributed by atoms with van der Waals surface area (Å²) in [5.74, 6) is 0.968. The molecule has 0 fully saturated rings. The van der Waals surface area contributed by atoms with Gasteiger partial charge in [0.25, 0.3) is 0 Å². The Kier molecular flexibility index (Phi) is 6.08. The molecule has 1 aromatic rings. The van der Waals surface area contributed by atoms with E-state index in [1.54, 1.807) is 6.26 Å². The van der Waals surface area contributed by atoms with E-state index in [-0.39, 0.29) is 0 Å². The van der Waals surface area contributed by atoms with E-state index in [1.165, 1.54) is 0 Å². The van der Waals surface area contributed by atoms with Crippen LogP contribution in [0.5, 0.6) is 0 Å². The van der Waals surface area contributed by atoms with Gasteiger partial charge in [-0.25, -0.2) is 0 Å². The molecule has 0 bridgehead atoms. The highest BCUT2D eigenvalue weighted by atomic mass is 16.3. The van der Waals surface area contributed by atoms with Gasteiger partial charge in [-0.05, 0) is 26.0 Å². The van der Waals surface area contributed by atoms with Crippen LogP contribution in [0.4, 0.5) is 0 Å². The summed E-state index contributed by atoms with van der Waals surface area (Å²) in [7, 11) is 0. The van der Waals surface area contributed by atoms with Gasteiger partial charge in [0, 0.05) is 6.54 Å². The highest BCUT2D eigenvalue weighted by molar-refractivity contribution is 5.45. The average Bonchev–Trinajstić information content (AvgIpc) is 2.43. The van der Waals surface area contributed by atoms with E-state index in [1.807, 2.05) is 26.0 Å². The fraction of sp³-hybridized carbons (Fsp3) is 0.375. The molecule has 1 amide bonds. The molecule has 11 heavy (non-hydrogen) atoms. The second-order valence-electron chi connectivity index (χ2n) is 1.90. The molecule has 0 aliphatic carbocycles. The number of nitrogens with one attached hydrogen (secondary N) is 1. The normalized spacial score (nSPS) is 7.82. The summed E-state index contributed by atoms with van der Waals surface area (Å²) in [6.45, 7) is 4.51. The van der Waals surface area contributed by atoms with Crippen molar-refractivity contribution >= 4 is 6.41 Å². The molecular weight excluding hydrogens is 142 g/mol. The number of amides is 1. The topological polar surface area (TPSA) is 42.2 Å². The summed E-state index contributed by atoms with van der Waals surface area (Å²) in [5, 5.41) is 2.43. The van der Waals surface area contributed by atoms with E-state index in [0.29, 0.717) is 6.41 Å². The third kappa shape index (κ3) is 6.64. The Labute approximate surface area is 66.4 Å². The van der Waals surface area contributed by atoms with Crippen molar-refractivity contribution in [2.45, 2.75) is 13.8 Å². The molecule has 1 aromatic heterocycles. The van der Waals surface area contributed by atoms with Crippen LogP contribution in [0, 0.1) is 6.92 Å². The molecule has 0 saturated heterocycles. The Hall–Kier alpha value is -1.25. The molecule has 1 N–H and O–H groups in total. The molecule has 0 unspecified atom stereocenters. The first kappa shape index (κ1) is 9.75. The van der Waals surface area contributed by atoms with E-state index >= 15 is 0 Å². The second kappa shape index (κ2) is 6.86. The number of carbonyl (C=O) groups excluding carboxylic acids is 1. The highest BCUT2D eigenvalue weighted by Gasteiger charge is 1.75. The number of aryl methyl sites for hydroxylation is 1. The van der Waals surface area contributed by atoms with E-state index in [9.17, 15) is 4.79 Å². The van der Waals surface area contributed by atoms with Gasteiger partial charge in [0.05, 0.1) is 6.26 Å². The Balaban J connectivity index is 0.000000187. The number of hydrogen-bond donors (Lipinski definition) is 1. The van der Waals surface area contributed by atoms with Crippen LogP contribution in [0.15, 0.2) is 22.8 Å². The van der Waals surface area contributed by atoms with Crippen LogP contribution in [0.2, 0.25) is 0 Å². The summed E-state index contributed by atoms with van der Waals surface area (Å²) in [5.41, 5.74) is 0. The van der Waals surface area contributed by atoms with Crippen molar-refractivity contribution in [1.29, 1.82) is 0 Å². The minimum absolute atomic E-state index is 0.681. The van der Waals surface area contributed by atoms with Crippen LogP contribution in [0.25, 0.3) is 0 Å². The Morgan fingerprint density at radius 3 is 2.55 bits per heavy atom. The second-order valence-corrected chi connectivity index (χ2v) is 1.90. The molecule has 1 rings (SSSR count). The predicted octanol–water partition coefficient (Wildman–Crippen LogP) is 1.34. The van der Waals surface area contributed by atoms with Gasteiger partial charge in [-0.1, -0.05) is 0 Å². The summed E-state index contributed by atoms with van der Waals surface area (Å²) < 4.78 is 4.83. The van der Waals surface area contributed by atoms with Crippen LogP contribution in [0.1, 0.15) is 12.7 Å².